The Morgan fingerprint density at radius 2 is 2.11 bits per heavy atom. The highest BCUT2D eigenvalue weighted by Gasteiger charge is 2.33. The van der Waals surface area contributed by atoms with Gasteiger partial charge in [0.15, 0.2) is 0 Å². The van der Waals surface area contributed by atoms with Crippen LogP contribution in [0.4, 0.5) is 25.1 Å². The van der Waals surface area contributed by atoms with Crippen molar-refractivity contribution in [3.63, 3.8) is 0 Å². The van der Waals surface area contributed by atoms with Crippen molar-refractivity contribution in [3.05, 3.63) is 16.3 Å². The number of halogens is 2. The lowest BCUT2D eigenvalue weighted by molar-refractivity contribution is -0.384. The highest BCUT2D eigenvalue weighted by atomic mass is 19.3. The third-order valence-electron chi connectivity index (χ3n) is 4.17. The predicted molar refractivity (Wildman–Crippen MR) is 95.5 cm³/mol. The molecule has 1 fully saturated rings. The number of aromatic nitrogens is 2. The summed E-state index contributed by atoms with van der Waals surface area (Å²) in [5.74, 6) is -0.0320. The number of nitro groups is 1. The minimum Gasteiger partial charge on any atom is -0.444 e. The first-order valence-electron chi connectivity index (χ1n) is 8.89. The van der Waals surface area contributed by atoms with Crippen LogP contribution in [0.2, 0.25) is 0 Å². The summed E-state index contributed by atoms with van der Waals surface area (Å²) in [6, 6.07) is -0.634. The number of nitrogens with zero attached hydrogens (tertiary/aromatic N) is 4. The summed E-state index contributed by atoms with van der Waals surface area (Å²) in [5.41, 5.74) is -1.08. The monoisotopic (exact) mass is 405 g/mol. The zero-order valence-electron chi connectivity index (χ0n) is 16.0. The maximum atomic E-state index is 12.8. The minimum absolute atomic E-state index is 0.0320. The first-order valence-corrected chi connectivity index (χ1v) is 8.89. The third-order valence-corrected chi connectivity index (χ3v) is 4.17. The van der Waals surface area contributed by atoms with Crippen LogP contribution in [-0.2, 0) is 11.3 Å². The van der Waals surface area contributed by atoms with Gasteiger partial charge in [-0.2, -0.15) is 5.10 Å². The van der Waals surface area contributed by atoms with Crippen LogP contribution in [0.5, 0.6) is 0 Å². The fourth-order valence-electron chi connectivity index (χ4n) is 3.01. The van der Waals surface area contributed by atoms with E-state index in [1.54, 1.807) is 20.8 Å². The highest BCUT2D eigenvalue weighted by Crippen LogP contribution is 2.30. The van der Waals surface area contributed by atoms with Gasteiger partial charge in [0.05, 0.1) is 17.1 Å². The quantitative estimate of drug-likeness (QED) is 0.567. The molecule has 1 aromatic rings. The molecule has 2 rings (SSSR count). The summed E-state index contributed by atoms with van der Waals surface area (Å²) >= 11 is 0. The smallest absolute Gasteiger partial charge is 0.407 e. The Balaban J connectivity index is 2.15. The van der Waals surface area contributed by atoms with Gasteiger partial charge in [-0.3, -0.25) is 10.1 Å². The first kappa shape index (κ1) is 21.8. The summed E-state index contributed by atoms with van der Waals surface area (Å²) in [6.45, 7) is 4.74. The van der Waals surface area contributed by atoms with E-state index < -0.39 is 41.7 Å². The maximum absolute atomic E-state index is 12.8. The van der Waals surface area contributed by atoms with Crippen molar-refractivity contribution >= 4 is 17.6 Å². The van der Waals surface area contributed by atoms with Crippen LogP contribution in [-0.4, -0.2) is 63.2 Å². The van der Waals surface area contributed by atoms with E-state index in [0.29, 0.717) is 0 Å². The van der Waals surface area contributed by atoms with Gasteiger partial charge < -0.3 is 20.1 Å². The van der Waals surface area contributed by atoms with Crippen LogP contribution in [0.25, 0.3) is 0 Å². The molecular formula is C16H25F2N5O5. The van der Waals surface area contributed by atoms with Gasteiger partial charge in [-0.05, 0) is 33.6 Å². The number of nitrogens with one attached hydrogen (secondary N) is 1. The molecule has 2 heterocycles. The van der Waals surface area contributed by atoms with Crippen LogP contribution in [0.1, 0.15) is 33.6 Å². The summed E-state index contributed by atoms with van der Waals surface area (Å²) < 4.78 is 31.7. The number of ether oxygens (including phenoxy) is 1. The number of alkyl carbamates (subject to hydrolysis) is 1. The summed E-state index contributed by atoms with van der Waals surface area (Å²) in [7, 11) is 0. The number of aliphatic hydroxyl groups excluding tert-OH is 1. The minimum atomic E-state index is -2.72. The average molecular weight is 405 g/mol. The Labute approximate surface area is 160 Å². The van der Waals surface area contributed by atoms with Gasteiger partial charge in [0.25, 0.3) is 6.43 Å². The van der Waals surface area contributed by atoms with E-state index in [2.05, 4.69) is 10.4 Å². The first-order chi connectivity index (χ1) is 13.0. The largest absolute Gasteiger partial charge is 0.444 e. The third kappa shape index (κ3) is 5.75. The number of carbonyl (C=O) groups excluding carboxylic acids is 1. The van der Waals surface area contributed by atoms with Crippen LogP contribution in [0.3, 0.4) is 0 Å². The lowest BCUT2D eigenvalue weighted by Crippen LogP contribution is -2.45. The maximum Gasteiger partial charge on any atom is 0.407 e. The number of alkyl halides is 2. The van der Waals surface area contributed by atoms with Crippen molar-refractivity contribution in [2.75, 3.05) is 18.0 Å². The fourth-order valence-corrected chi connectivity index (χ4v) is 3.01. The molecule has 158 valence electrons. The van der Waals surface area contributed by atoms with E-state index >= 15 is 0 Å². The molecule has 28 heavy (non-hydrogen) atoms. The number of carbonyl (C=O) groups is 1. The molecule has 1 aromatic heterocycles. The number of hydrogen-bond acceptors (Lipinski definition) is 7. The molecule has 0 aromatic carbocycles. The molecule has 0 aliphatic carbocycles. The molecule has 0 radical (unpaired) electrons. The molecule has 0 unspecified atom stereocenters. The van der Waals surface area contributed by atoms with E-state index in [1.807, 2.05) is 0 Å². The topological polar surface area (TPSA) is 123 Å². The zero-order valence-corrected chi connectivity index (χ0v) is 16.0. The summed E-state index contributed by atoms with van der Waals surface area (Å²) in [6.07, 6.45) is -2.95. The second kappa shape index (κ2) is 8.67. The van der Waals surface area contributed by atoms with Crippen molar-refractivity contribution < 1.29 is 28.3 Å². The molecule has 12 heteroatoms. The van der Waals surface area contributed by atoms with Gasteiger partial charge in [0.1, 0.15) is 18.3 Å². The Hall–Kier alpha value is -2.50. The van der Waals surface area contributed by atoms with Gasteiger partial charge in [-0.15, -0.1) is 0 Å². The van der Waals surface area contributed by atoms with Crippen LogP contribution >= 0.6 is 0 Å². The number of anilines is 1. The van der Waals surface area contributed by atoms with Gasteiger partial charge in [0.2, 0.25) is 5.82 Å². The van der Waals surface area contributed by atoms with Gasteiger partial charge in [0, 0.05) is 13.1 Å². The number of amides is 1. The van der Waals surface area contributed by atoms with Crippen molar-refractivity contribution in [1.82, 2.24) is 15.1 Å². The Morgan fingerprint density at radius 3 is 2.68 bits per heavy atom. The summed E-state index contributed by atoms with van der Waals surface area (Å²) in [4.78, 5) is 24.1. The van der Waals surface area contributed by atoms with Gasteiger partial charge >= 0.3 is 11.8 Å². The number of rotatable bonds is 5. The fraction of sp³-hybridized carbons (Fsp3) is 0.750. The molecule has 2 N–H and O–H groups in total. The number of hydrogen-bond donors (Lipinski definition) is 2. The van der Waals surface area contributed by atoms with Gasteiger partial charge in [-0.1, -0.05) is 0 Å². The molecule has 1 saturated heterocycles. The van der Waals surface area contributed by atoms with E-state index in [0.717, 1.165) is 10.9 Å². The van der Waals surface area contributed by atoms with Crippen LogP contribution in [0, 0.1) is 10.1 Å². The lowest BCUT2D eigenvalue weighted by atomic mass is 10.1. The van der Waals surface area contributed by atoms with Crippen molar-refractivity contribution in [1.29, 1.82) is 0 Å². The highest BCUT2D eigenvalue weighted by molar-refractivity contribution is 5.68. The predicted octanol–water partition coefficient (Wildman–Crippen LogP) is 1.91. The Morgan fingerprint density at radius 1 is 1.46 bits per heavy atom. The molecule has 0 bridgehead atoms. The number of aliphatic hydroxyl groups is 1. The average Bonchev–Trinajstić information content (AvgIpc) is 2.86. The lowest BCUT2D eigenvalue weighted by Gasteiger charge is -2.25. The van der Waals surface area contributed by atoms with Crippen LogP contribution < -0.4 is 10.2 Å². The van der Waals surface area contributed by atoms with Crippen molar-refractivity contribution in [3.8, 4) is 0 Å². The standard InChI is InChI=1S/C16H25F2N5O5/c1-16(2,3)28-15(25)20-10-4-6-21(7-5-12(10)24)14-11(23(26)27)8-19-22(14)9-13(17)18/h8,10,12-13,24H,4-7,9H2,1-3H3,(H,20,25)/t10-,12+/m0/s1. The normalized spacial score (nSPS) is 20.8. The zero-order chi connectivity index (χ0) is 21.1. The molecule has 2 atom stereocenters. The van der Waals surface area contributed by atoms with Gasteiger partial charge in [-0.25, -0.2) is 18.3 Å². The summed E-state index contributed by atoms with van der Waals surface area (Å²) in [5, 5.41) is 27.9. The Kier molecular flexibility index (Phi) is 6.75. The molecule has 1 aliphatic heterocycles. The van der Waals surface area contributed by atoms with E-state index in [4.69, 9.17) is 4.74 Å². The van der Waals surface area contributed by atoms with Crippen molar-refractivity contribution in [2.24, 2.45) is 0 Å². The Bertz CT molecular complexity index is 706. The second-order valence-corrected chi connectivity index (χ2v) is 7.57. The molecule has 10 nitrogen and oxygen atoms in total. The van der Waals surface area contributed by atoms with E-state index in [-0.39, 0.29) is 37.4 Å². The van der Waals surface area contributed by atoms with Crippen LogP contribution in [0.15, 0.2) is 6.20 Å². The van der Waals surface area contributed by atoms with E-state index in [9.17, 15) is 28.8 Å². The molecule has 1 aliphatic rings. The van der Waals surface area contributed by atoms with Crippen molar-refractivity contribution in [2.45, 2.75) is 64.3 Å². The molecule has 0 spiro atoms. The molecular weight excluding hydrogens is 380 g/mol. The molecule has 0 saturated carbocycles. The molecule has 1 amide bonds. The second-order valence-electron chi connectivity index (χ2n) is 7.57. The van der Waals surface area contributed by atoms with E-state index in [1.165, 1.54) is 4.90 Å². The SMILES string of the molecule is CC(C)(C)OC(=O)N[C@H]1CCN(c2c([N+](=O)[O-])cnn2CC(F)F)CC[C@H]1O.